The molecule has 0 unspecified atom stereocenters. The van der Waals surface area contributed by atoms with Gasteiger partial charge in [-0.3, -0.25) is 14.2 Å². The third-order valence-electron chi connectivity index (χ3n) is 3.67. The molecule has 2 heterocycles. The zero-order chi connectivity index (χ0) is 17.4. The minimum absolute atomic E-state index is 0.152. The first kappa shape index (κ1) is 15.8. The molecular formula is C15H14FN5O3. The second kappa shape index (κ2) is 5.84. The summed E-state index contributed by atoms with van der Waals surface area (Å²) < 4.78 is 17.5. The molecule has 9 heteroatoms. The van der Waals surface area contributed by atoms with E-state index in [1.165, 1.54) is 17.7 Å². The van der Waals surface area contributed by atoms with E-state index in [1.54, 1.807) is 0 Å². The van der Waals surface area contributed by atoms with Gasteiger partial charge in [-0.2, -0.15) is 9.78 Å². The Hall–Kier alpha value is -3.10. The number of benzene rings is 1. The summed E-state index contributed by atoms with van der Waals surface area (Å²) in [5.74, 6) is -0.732. The molecule has 0 N–H and O–H groups in total. The first-order valence-corrected chi connectivity index (χ1v) is 7.29. The van der Waals surface area contributed by atoms with Gasteiger partial charge in [0.1, 0.15) is 11.9 Å². The van der Waals surface area contributed by atoms with Gasteiger partial charge in [-0.1, -0.05) is 6.92 Å². The molecule has 0 bridgehead atoms. The van der Waals surface area contributed by atoms with Gasteiger partial charge in [0.2, 0.25) is 0 Å². The Kier molecular flexibility index (Phi) is 3.84. The summed E-state index contributed by atoms with van der Waals surface area (Å²) in [4.78, 5) is 39.5. The first-order chi connectivity index (χ1) is 11.4. The van der Waals surface area contributed by atoms with Crippen molar-refractivity contribution in [3.05, 3.63) is 61.5 Å². The molecular weight excluding hydrogens is 317 g/mol. The molecule has 0 aliphatic carbocycles. The fourth-order valence-electron chi connectivity index (χ4n) is 2.43. The Labute approximate surface area is 134 Å². The van der Waals surface area contributed by atoms with Crippen LogP contribution < -0.4 is 16.8 Å². The van der Waals surface area contributed by atoms with Gasteiger partial charge < -0.3 is 4.57 Å². The van der Waals surface area contributed by atoms with E-state index in [2.05, 4.69) is 10.1 Å². The van der Waals surface area contributed by atoms with Crippen LogP contribution in [0, 0.1) is 5.82 Å². The standard InChI is InChI=1S/C15H14FN5O3/c1-3-4-20-12-6-11(9(16)5-10(12)17-7-14(20)23)21-15(24)19(2)13(22)8-18-21/h5-8H,3-4H2,1-2H3. The van der Waals surface area contributed by atoms with Crippen LogP contribution in [0.5, 0.6) is 0 Å². The maximum atomic E-state index is 14.4. The fraction of sp³-hybridized carbons (Fsp3) is 0.267. The summed E-state index contributed by atoms with van der Waals surface area (Å²) in [5.41, 5.74) is -1.16. The lowest BCUT2D eigenvalue weighted by molar-refractivity contribution is 0.585. The predicted octanol–water partition coefficient (Wildman–Crippen LogP) is 0.190. The molecule has 0 fully saturated rings. The maximum absolute atomic E-state index is 14.4. The molecule has 3 aromatic rings. The van der Waals surface area contributed by atoms with E-state index in [9.17, 15) is 18.8 Å². The van der Waals surface area contributed by atoms with Gasteiger partial charge in [0.25, 0.3) is 11.1 Å². The van der Waals surface area contributed by atoms with Crippen LogP contribution in [0.1, 0.15) is 13.3 Å². The SMILES string of the molecule is CCCn1c(=O)cnc2cc(F)c(-n3ncc(=O)n(C)c3=O)cc21. The van der Waals surface area contributed by atoms with E-state index in [0.717, 1.165) is 27.7 Å². The van der Waals surface area contributed by atoms with Gasteiger partial charge in [-0.05, 0) is 12.5 Å². The summed E-state index contributed by atoms with van der Waals surface area (Å²) in [6.45, 7) is 2.33. The van der Waals surface area contributed by atoms with Crippen molar-refractivity contribution in [3.8, 4) is 5.69 Å². The van der Waals surface area contributed by atoms with Gasteiger partial charge >= 0.3 is 5.69 Å². The minimum Gasteiger partial charge on any atom is -0.305 e. The molecule has 0 spiro atoms. The zero-order valence-corrected chi connectivity index (χ0v) is 13.1. The van der Waals surface area contributed by atoms with Crippen LogP contribution in [0.15, 0.2) is 38.9 Å². The van der Waals surface area contributed by atoms with Crippen molar-refractivity contribution >= 4 is 11.0 Å². The largest absolute Gasteiger partial charge is 0.352 e. The average Bonchev–Trinajstić information content (AvgIpc) is 2.56. The summed E-state index contributed by atoms with van der Waals surface area (Å²) in [5, 5.41) is 3.70. The van der Waals surface area contributed by atoms with Crippen molar-refractivity contribution in [1.82, 2.24) is 23.9 Å². The zero-order valence-electron chi connectivity index (χ0n) is 13.1. The average molecular weight is 331 g/mol. The van der Waals surface area contributed by atoms with Crippen LogP contribution in [0.2, 0.25) is 0 Å². The normalized spacial score (nSPS) is 11.1. The van der Waals surface area contributed by atoms with Crippen molar-refractivity contribution < 1.29 is 4.39 Å². The van der Waals surface area contributed by atoms with E-state index in [1.807, 2.05) is 6.92 Å². The third kappa shape index (κ3) is 2.43. The number of nitrogens with zero attached hydrogens (tertiary/aromatic N) is 5. The Morgan fingerprint density at radius 1 is 1.12 bits per heavy atom. The Morgan fingerprint density at radius 2 is 1.88 bits per heavy atom. The Morgan fingerprint density at radius 3 is 2.58 bits per heavy atom. The molecule has 24 heavy (non-hydrogen) atoms. The fourth-order valence-corrected chi connectivity index (χ4v) is 2.43. The molecule has 1 aromatic carbocycles. The van der Waals surface area contributed by atoms with Gasteiger partial charge in [0.15, 0.2) is 5.82 Å². The number of hydrogen-bond acceptors (Lipinski definition) is 5. The molecule has 0 saturated carbocycles. The number of halogens is 1. The van der Waals surface area contributed by atoms with Gasteiger partial charge in [-0.15, -0.1) is 0 Å². The smallest absolute Gasteiger partial charge is 0.305 e. The molecule has 124 valence electrons. The van der Waals surface area contributed by atoms with Crippen molar-refractivity contribution in [2.45, 2.75) is 19.9 Å². The number of fused-ring (bicyclic) bond motifs is 1. The molecule has 0 aliphatic rings. The van der Waals surface area contributed by atoms with Gasteiger partial charge in [0.05, 0.1) is 17.2 Å². The van der Waals surface area contributed by atoms with Crippen LogP contribution in [-0.2, 0) is 13.6 Å². The Balaban J connectivity index is 2.38. The lowest BCUT2D eigenvalue weighted by Gasteiger charge is -2.11. The van der Waals surface area contributed by atoms with E-state index in [-0.39, 0.29) is 11.2 Å². The van der Waals surface area contributed by atoms with Crippen molar-refractivity contribution in [2.75, 3.05) is 0 Å². The van der Waals surface area contributed by atoms with Gasteiger partial charge in [-0.25, -0.2) is 14.2 Å². The predicted molar refractivity (Wildman–Crippen MR) is 84.9 cm³/mol. The maximum Gasteiger partial charge on any atom is 0.352 e. The summed E-state index contributed by atoms with van der Waals surface area (Å²) in [7, 11) is 1.27. The molecule has 2 aromatic heterocycles. The molecule has 0 radical (unpaired) electrons. The van der Waals surface area contributed by atoms with Crippen molar-refractivity contribution in [2.24, 2.45) is 7.05 Å². The lowest BCUT2D eigenvalue weighted by Crippen LogP contribution is -2.38. The highest BCUT2D eigenvalue weighted by Gasteiger charge is 2.14. The highest BCUT2D eigenvalue weighted by Crippen LogP contribution is 2.18. The molecule has 0 atom stereocenters. The number of aryl methyl sites for hydroxylation is 1. The van der Waals surface area contributed by atoms with Crippen LogP contribution >= 0.6 is 0 Å². The van der Waals surface area contributed by atoms with Crippen LogP contribution in [0.3, 0.4) is 0 Å². The quantitative estimate of drug-likeness (QED) is 0.683. The monoisotopic (exact) mass is 331 g/mol. The lowest BCUT2D eigenvalue weighted by atomic mass is 10.2. The van der Waals surface area contributed by atoms with Crippen molar-refractivity contribution in [3.63, 3.8) is 0 Å². The van der Waals surface area contributed by atoms with Gasteiger partial charge in [0, 0.05) is 19.7 Å². The summed E-state index contributed by atoms with van der Waals surface area (Å²) in [6, 6.07) is 2.48. The number of hydrogen-bond donors (Lipinski definition) is 0. The van der Waals surface area contributed by atoms with E-state index < -0.39 is 17.1 Å². The topological polar surface area (TPSA) is 91.8 Å². The molecule has 0 aliphatic heterocycles. The second-order valence-electron chi connectivity index (χ2n) is 5.28. The third-order valence-corrected chi connectivity index (χ3v) is 3.67. The van der Waals surface area contributed by atoms with Crippen LogP contribution in [-0.4, -0.2) is 23.9 Å². The highest BCUT2D eigenvalue weighted by atomic mass is 19.1. The van der Waals surface area contributed by atoms with E-state index in [4.69, 9.17) is 0 Å². The van der Waals surface area contributed by atoms with E-state index >= 15 is 0 Å². The Bertz CT molecular complexity index is 1110. The number of rotatable bonds is 3. The first-order valence-electron chi connectivity index (χ1n) is 7.29. The summed E-state index contributed by atoms with van der Waals surface area (Å²) in [6.07, 6.45) is 2.75. The minimum atomic E-state index is -0.783. The molecule has 8 nitrogen and oxygen atoms in total. The van der Waals surface area contributed by atoms with Crippen LogP contribution in [0.25, 0.3) is 16.7 Å². The molecule has 0 amide bonds. The second-order valence-corrected chi connectivity index (χ2v) is 5.28. The van der Waals surface area contributed by atoms with Crippen molar-refractivity contribution in [1.29, 1.82) is 0 Å². The number of aromatic nitrogens is 5. The molecule has 3 rings (SSSR count). The molecule has 0 saturated heterocycles. The summed E-state index contributed by atoms with van der Waals surface area (Å²) >= 11 is 0. The highest BCUT2D eigenvalue weighted by molar-refractivity contribution is 5.77. The van der Waals surface area contributed by atoms with Crippen LogP contribution in [0.4, 0.5) is 4.39 Å². The van der Waals surface area contributed by atoms with E-state index in [0.29, 0.717) is 24.0 Å².